The number of alkyl halides is 3. The highest BCUT2D eigenvalue weighted by molar-refractivity contribution is 6.31. The van der Waals surface area contributed by atoms with Gasteiger partial charge in [0, 0.05) is 0 Å². The Bertz CT molecular complexity index is 172. The van der Waals surface area contributed by atoms with E-state index in [1.165, 1.54) is 4.99 Å². The third-order valence-corrected chi connectivity index (χ3v) is 0.401. The summed E-state index contributed by atoms with van der Waals surface area (Å²) in [6, 6.07) is 0. The molecule has 0 bridgehead atoms. The van der Waals surface area contributed by atoms with Crippen LogP contribution >= 0.6 is 0 Å². The number of carboxylic acids is 1. The van der Waals surface area contributed by atoms with E-state index in [-0.39, 0.29) is 0 Å². The van der Waals surface area contributed by atoms with Crippen LogP contribution in [0.4, 0.5) is 17.6 Å². The SMILES string of the molecule is O=C(O)C(F)=NC(F)(F)F. The molecule has 7 heteroatoms. The van der Waals surface area contributed by atoms with E-state index in [2.05, 4.69) is 0 Å². The zero-order valence-electron chi connectivity index (χ0n) is 4.31. The van der Waals surface area contributed by atoms with E-state index < -0.39 is 18.2 Å². The van der Waals surface area contributed by atoms with Crippen molar-refractivity contribution in [2.45, 2.75) is 6.30 Å². The Balaban J connectivity index is 4.32. The second-order valence-corrected chi connectivity index (χ2v) is 1.18. The molecule has 10 heavy (non-hydrogen) atoms. The van der Waals surface area contributed by atoms with Crippen molar-refractivity contribution in [2.75, 3.05) is 0 Å². The number of nitrogens with zero attached hydrogens (tertiary/aromatic N) is 1. The summed E-state index contributed by atoms with van der Waals surface area (Å²) in [7, 11) is 0. The van der Waals surface area contributed by atoms with Crippen molar-refractivity contribution < 1.29 is 27.5 Å². The summed E-state index contributed by atoms with van der Waals surface area (Å²) < 4.78 is 44.4. The molecule has 0 aliphatic rings. The van der Waals surface area contributed by atoms with Gasteiger partial charge < -0.3 is 5.11 Å². The minimum absolute atomic E-state index is 1.26. The number of carboxylic acid groups (broad SMARTS) is 1. The largest absolute Gasteiger partial charge is 0.505 e. The summed E-state index contributed by atoms with van der Waals surface area (Å²) in [5.41, 5.74) is 0. The third-order valence-electron chi connectivity index (χ3n) is 0.401. The molecule has 0 saturated carbocycles. The Morgan fingerprint density at radius 3 is 1.90 bits per heavy atom. The zero-order valence-corrected chi connectivity index (χ0v) is 4.31. The molecule has 0 fully saturated rings. The molecule has 0 aromatic rings. The first kappa shape index (κ1) is 8.86. The fourth-order valence-electron chi connectivity index (χ4n) is 0.159. The second-order valence-electron chi connectivity index (χ2n) is 1.18. The van der Waals surface area contributed by atoms with Gasteiger partial charge in [-0.3, -0.25) is 0 Å². The standard InChI is InChI=1S/C3HF4NO2/c4-1(2(9)10)8-3(5,6)7/h(H,9,10). The number of rotatable bonds is 1. The van der Waals surface area contributed by atoms with Crippen LogP contribution in [0.3, 0.4) is 0 Å². The minimum Gasteiger partial charge on any atom is -0.475 e. The summed E-state index contributed by atoms with van der Waals surface area (Å²) in [6.45, 7) is 0. The van der Waals surface area contributed by atoms with Crippen LogP contribution in [0.2, 0.25) is 0 Å². The lowest BCUT2D eigenvalue weighted by molar-refractivity contribution is -0.134. The monoisotopic (exact) mass is 159 g/mol. The van der Waals surface area contributed by atoms with Gasteiger partial charge >= 0.3 is 18.2 Å². The maximum atomic E-state index is 11.5. The van der Waals surface area contributed by atoms with Crippen molar-refractivity contribution >= 4 is 11.9 Å². The number of hydrogen-bond donors (Lipinski definition) is 1. The van der Waals surface area contributed by atoms with Gasteiger partial charge in [0.2, 0.25) is 0 Å². The second kappa shape index (κ2) is 2.63. The van der Waals surface area contributed by atoms with E-state index >= 15 is 0 Å². The van der Waals surface area contributed by atoms with Gasteiger partial charge in [0.15, 0.2) is 0 Å². The molecule has 0 radical (unpaired) electrons. The molecule has 0 saturated heterocycles. The number of aliphatic carboxylic acids is 1. The van der Waals surface area contributed by atoms with Gasteiger partial charge in [-0.1, -0.05) is 0 Å². The molecule has 0 heterocycles. The van der Waals surface area contributed by atoms with Crippen LogP contribution < -0.4 is 0 Å². The van der Waals surface area contributed by atoms with E-state index in [1.54, 1.807) is 0 Å². The van der Waals surface area contributed by atoms with Crippen molar-refractivity contribution in [3.8, 4) is 0 Å². The Hall–Kier alpha value is -1.14. The van der Waals surface area contributed by atoms with E-state index in [9.17, 15) is 22.4 Å². The van der Waals surface area contributed by atoms with Crippen LogP contribution in [0.1, 0.15) is 0 Å². The van der Waals surface area contributed by atoms with Gasteiger partial charge in [-0.25, -0.2) is 4.79 Å². The Morgan fingerprint density at radius 1 is 1.40 bits per heavy atom. The molecular weight excluding hydrogens is 158 g/mol. The van der Waals surface area contributed by atoms with Crippen LogP contribution in [0.25, 0.3) is 0 Å². The molecule has 0 aliphatic carbocycles. The first-order chi connectivity index (χ1) is 4.33. The summed E-state index contributed by atoms with van der Waals surface area (Å²) in [6.07, 6.45) is -5.16. The molecular formula is C3HF4NO2. The predicted molar refractivity (Wildman–Crippen MR) is 22.2 cm³/mol. The van der Waals surface area contributed by atoms with E-state index in [4.69, 9.17) is 5.11 Å². The number of hydrogen-bond acceptors (Lipinski definition) is 2. The molecule has 58 valence electrons. The molecule has 0 amide bonds. The Kier molecular flexibility index (Phi) is 2.33. The number of carbonyl (C=O) groups is 1. The highest BCUT2D eigenvalue weighted by atomic mass is 19.4. The first-order valence-electron chi connectivity index (χ1n) is 1.88. The lowest BCUT2D eigenvalue weighted by Gasteiger charge is -1.95. The van der Waals surface area contributed by atoms with E-state index in [1.807, 2.05) is 0 Å². The quantitative estimate of drug-likeness (QED) is 0.352. The topological polar surface area (TPSA) is 49.7 Å². The van der Waals surface area contributed by atoms with Crippen LogP contribution in [0.15, 0.2) is 4.99 Å². The smallest absolute Gasteiger partial charge is 0.475 e. The molecule has 0 rings (SSSR count). The zero-order chi connectivity index (χ0) is 8.36. The van der Waals surface area contributed by atoms with Crippen LogP contribution in [-0.4, -0.2) is 23.3 Å². The molecule has 0 aromatic heterocycles. The fraction of sp³-hybridized carbons (Fsp3) is 0.333. The number of halogens is 4. The molecule has 0 aliphatic heterocycles. The van der Waals surface area contributed by atoms with Crippen molar-refractivity contribution in [1.82, 2.24) is 0 Å². The lowest BCUT2D eigenvalue weighted by atomic mass is 10.7. The third kappa shape index (κ3) is 3.81. The fourth-order valence-corrected chi connectivity index (χ4v) is 0.159. The first-order valence-corrected chi connectivity index (χ1v) is 1.88. The van der Waals surface area contributed by atoms with Crippen molar-refractivity contribution in [3.05, 3.63) is 0 Å². The average Bonchev–Trinajstić information content (AvgIpc) is 1.60. The maximum Gasteiger partial charge on any atom is 0.505 e. The highest BCUT2D eigenvalue weighted by Gasteiger charge is 2.29. The molecule has 0 atom stereocenters. The molecule has 0 spiro atoms. The summed E-state index contributed by atoms with van der Waals surface area (Å²) in [5, 5.41) is 7.54. The van der Waals surface area contributed by atoms with Crippen LogP contribution in [-0.2, 0) is 4.79 Å². The maximum absolute atomic E-state index is 11.5. The number of aliphatic imine (C=N–C) groups is 1. The summed E-state index contributed by atoms with van der Waals surface area (Å²) in [4.78, 5) is 10.6. The van der Waals surface area contributed by atoms with Gasteiger partial charge in [0.05, 0.1) is 0 Å². The molecule has 3 nitrogen and oxygen atoms in total. The minimum atomic E-state index is -5.16. The van der Waals surface area contributed by atoms with Crippen molar-refractivity contribution in [2.24, 2.45) is 4.99 Å². The predicted octanol–water partition coefficient (Wildman–Crippen LogP) is 0.959. The Labute approximate surface area is 52.0 Å². The van der Waals surface area contributed by atoms with Crippen molar-refractivity contribution in [3.63, 3.8) is 0 Å². The van der Waals surface area contributed by atoms with E-state index in [0.29, 0.717) is 0 Å². The van der Waals surface area contributed by atoms with Gasteiger partial charge in [0.1, 0.15) is 0 Å². The Morgan fingerprint density at radius 2 is 1.80 bits per heavy atom. The summed E-state index contributed by atoms with van der Waals surface area (Å²) >= 11 is 0. The van der Waals surface area contributed by atoms with Gasteiger partial charge in [-0.2, -0.15) is 4.39 Å². The normalized spacial score (nSPS) is 13.4. The molecule has 0 aromatic carbocycles. The van der Waals surface area contributed by atoms with E-state index in [0.717, 1.165) is 0 Å². The highest BCUT2D eigenvalue weighted by Crippen LogP contribution is 2.16. The van der Waals surface area contributed by atoms with Gasteiger partial charge in [-0.05, 0) is 0 Å². The molecule has 0 unspecified atom stereocenters. The van der Waals surface area contributed by atoms with Crippen LogP contribution in [0.5, 0.6) is 0 Å². The molecule has 1 N–H and O–H groups in total. The summed E-state index contributed by atoms with van der Waals surface area (Å²) in [5.74, 6) is -4.80. The van der Waals surface area contributed by atoms with Gasteiger partial charge in [-0.15, -0.1) is 18.2 Å². The lowest BCUT2D eigenvalue weighted by Crippen LogP contribution is -2.13. The average molecular weight is 159 g/mol. The van der Waals surface area contributed by atoms with Gasteiger partial charge in [0.25, 0.3) is 0 Å². The van der Waals surface area contributed by atoms with Crippen molar-refractivity contribution in [1.29, 1.82) is 0 Å². The van der Waals surface area contributed by atoms with Crippen LogP contribution in [0, 0.1) is 0 Å².